The van der Waals surface area contributed by atoms with Crippen LogP contribution in [-0.4, -0.2) is 43.4 Å². The van der Waals surface area contributed by atoms with Crippen molar-refractivity contribution in [2.24, 2.45) is 0 Å². The fourth-order valence-corrected chi connectivity index (χ4v) is 8.45. The summed E-state index contributed by atoms with van der Waals surface area (Å²) in [5.74, 6) is -0.801. The van der Waals surface area contributed by atoms with Crippen molar-refractivity contribution in [3.05, 3.63) is 80.8 Å². The Labute approximate surface area is 216 Å². The van der Waals surface area contributed by atoms with Crippen LogP contribution < -0.4 is 10.2 Å². The van der Waals surface area contributed by atoms with Crippen LogP contribution in [-0.2, 0) is 20.4 Å². The van der Waals surface area contributed by atoms with Gasteiger partial charge in [0.2, 0.25) is 0 Å². The Hall–Kier alpha value is -2.99. The van der Waals surface area contributed by atoms with E-state index in [4.69, 9.17) is 12.2 Å². The predicted octanol–water partition coefficient (Wildman–Crippen LogP) is 4.75. The van der Waals surface area contributed by atoms with Gasteiger partial charge in [-0.15, -0.1) is 0 Å². The quantitative estimate of drug-likeness (QED) is 0.207. The Balaban J connectivity index is 1.59. The zero-order valence-electron chi connectivity index (χ0n) is 20.2. The monoisotopic (exact) mass is 547 g/mol. The number of thiocarbonyl (C=S) groups is 1. The average Bonchev–Trinajstić information content (AvgIpc) is 3.25. The first-order valence-corrected chi connectivity index (χ1v) is 13.7. The normalized spacial score (nSPS) is 20.4. The van der Waals surface area contributed by atoms with Gasteiger partial charge in [-0.3, -0.25) is 0 Å². The number of amides is 2. The molecule has 1 aromatic heterocycles. The summed E-state index contributed by atoms with van der Waals surface area (Å²) >= 11 is 5.01. The van der Waals surface area contributed by atoms with E-state index >= 15 is 0 Å². The van der Waals surface area contributed by atoms with E-state index in [-0.39, 0.29) is 41.9 Å². The van der Waals surface area contributed by atoms with Crippen molar-refractivity contribution in [3.8, 4) is 0 Å². The predicted molar refractivity (Wildman–Crippen MR) is 144 cm³/mol. The molecule has 0 spiro atoms. The fraction of sp³-hybridized carbons (Fsp3) is 0.250. The molecule has 0 atom stereocenters. The molecule has 176 valence electrons. The molecule has 35 heavy (non-hydrogen) atoms. The minimum absolute atomic E-state index is 0.0872. The second-order valence-corrected chi connectivity index (χ2v) is 13.0. The van der Waals surface area contributed by atoms with E-state index in [0.29, 0.717) is 0 Å². The molecule has 1 saturated heterocycles. The van der Waals surface area contributed by atoms with Gasteiger partial charge in [0.15, 0.2) is 0 Å². The zero-order valence-corrected chi connectivity index (χ0v) is 22.8. The number of hydrogen-bond donors (Lipinski definition) is 1. The van der Waals surface area contributed by atoms with Gasteiger partial charge in [0.25, 0.3) is 0 Å². The fourth-order valence-electron chi connectivity index (χ4n) is 5.58. The molecule has 2 amide bonds. The summed E-state index contributed by atoms with van der Waals surface area (Å²) in [6, 6.07) is 17.5. The van der Waals surface area contributed by atoms with Crippen molar-refractivity contribution in [2.45, 2.75) is 38.5 Å². The molecule has 0 radical (unpaired) electrons. The molecule has 0 bridgehead atoms. The van der Waals surface area contributed by atoms with Gasteiger partial charge in [0.1, 0.15) is 0 Å². The third kappa shape index (κ3) is 2.95. The van der Waals surface area contributed by atoms with E-state index in [1.54, 1.807) is 13.1 Å². The number of rotatable bonds is 1. The third-order valence-electron chi connectivity index (χ3n) is 7.62. The Kier molecular flexibility index (Phi) is 4.66. The first-order chi connectivity index (χ1) is 16.5. The van der Waals surface area contributed by atoms with Crippen LogP contribution >= 0.6 is 12.2 Å². The number of fused-ring (bicyclic) bond motifs is 4. The second-order valence-electron chi connectivity index (χ2n) is 10.4. The molecule has 3 aliphatic rings. The third-order valence-corrected chi connectivity index (χ3v) is 10.2. The van der Waals surface area contributed by atoms with Crippen LogP contribution in [0.4, 0.5) is 15.9 Å². The van der Waals surface area contributed by atoms with Gasteiger partial charge in [-0.25, -0.2) is 0 Å². The van der Waals surface area contributed by atoms with Crippen molar-refractivity contribution >= 4 is 65.7 Å². The van der Waals surface area contributed by atoms with E-state index in [1.165, 1.54) is 43.1 Å². The van der Waals surface area contributed by atoms with Crippen LogP contribution in [0.15, 0.2) is 54.1 Å². The first kappa shape index (κ1) is 22.5. The topological polar surface area (TPSA) is 52.7 Å². The summed E-state index contributed by atoms with van der Waals surface area (Å²) in [7, 11) is 1.59. The molecular weight excluding hydrogens is 521 g/mol. The summed E-state index contributed by atoms with van der Waals surface area (Å²) < 4.78 is 2.27. The van der Waals surface area contributed by atoms with Gasteiger partial charge >= 0.3 is 217 Å². The molecule has 1 N–H and O–H groups in total. The van der Waals surface area contributed by atoms with Gasteiger partial charge in [0, 0.05) is 0 Å². The standard InChI is InChI=1S/C28H25N3O2SSe/c1-27(2)17-9-6-7-12-21(17)31-22-18(27)10-8-11-19(22)28(3,4)20-14-15(35-25(20)31)13-16-23(32)29-26(34)30(5)24(16)33/h6-14H,1-5H3,(H,29,32,34)/b16-13-. The number of nitrogens with one attached hydrogen (secondary N) is 1. The Bertz CT molecular complexity index is 1510. The van der Waals surface area contributed by atoms with E-state index in [9.17, 15) is 9.59 Å². The van der Waals surface area contributed by atoms with Crippen LogP contribution in [0.1, 0.15) is 54.4 Å². The molecule has 2 aromatic carbocycles. The molecule has 7 heteroatoms. The summed E-state index contributed by atoms with van der Waals surface area (Å²) in [5, 5.41) is 2.76. The maximum atomic E-state index is 12.8. The SMILES string of the molecule is CN1C(=O)/C(=C\c2cc3c([se]2)N2c4ccccc4C(C)(C)c4cccc(c42)C3(C)C)C(=O)NC1=S. The summed E-state index contributed by atoms with van der Waals surface area (Å²) in [6.07, 6.45) is 1.76. The van der Waals surface area contributed by atoms with Crippen LogP contribution in [0.5, 0.6) is 0 Å². The zero-order chi connectivity index (χ0) is 24.9. The number of carbonyl (C=O) groups excluding carboxylic acids is 2. The first-order valence-electron chi connectivity index (χ1n) is 11.6. The van der Waals surface area contributed by atoms with Gasteiger partial charge in [-0.1, -0.05) is 0 Å². The van der Waals surface area contributed by atoms with Crippen molar-refractivity contribution in [2.75, 3.05) is 11.9 Å². The van der Waals surface area contributed by atoms with Gasteiger partial charge in [-0.2, -0.15) is 0 Å². The van der Waals surface area contributed by atoms with Crippen molar-refractivity contribution in [1.29, 1.82) is 0 Å². The van der Waals surface area contributed by atoms with E-state index < -0.39 is 5.91 Å². The molecule has 0 unspecified atom stereocenters. The van der Waals surface area contributed by atoms with Gasteiger partial charge < -0.3 is 0 Å². The minimum atomic E-state index is -0.436. The Morgan fingerprint density at radius 1 is 0.914 bits per heavy atom. The summed E-state index contributed by atoms with van der Waals surface area (Å²) in [5.41, 5.74) is 7.46. The number of anilines is 3. The number of likely N-dealkylation sites (N-methyl/N-ethyl adjacent to an activating group) is 1. The summed E-state index contributed by atoms with van der Waals surface area (Å²) in [6.45, 7) is 9.15. The van der Waals surface area contributed by atoms with Crippen molar-refractivity contribution in [3.63, 3.8) is 0 Å². The van der Waals surface area contributed by atoms with Crippen LogP contribution in [0, 0.1) is 0 Å². The Morgan fingerprint density at radius 3 is 2.26 bits per heavy atom. The molecule has 3 aliphatic heterocycles. The number of carbonyl (C=O) groups is 2. The number of hydrogen-bond acceptors (Lipinski definition) is 4. The van der Waals surface area contributed by atoms with Crippen LogP contribution in [0.25, 0.3) is 6.08 Å². The number of benzene rings is 2. The molecule has 1 fully saturated rings. The van der Waals surface area contributed by atoms with Crippen LogP contribution in [0.2, 0.25) is 0 Å². The summed E-state index contributed by atoms with van der Waals surface area (Å²) in [4.78, 5) is 29.2. The Morgan fingerprint density at radius 2 is 1.54 bits per heavy atom. The molecular formula is C28H25N3O2SSe. The number of para-hydroxylation sites is 2. The van der Waals surface area contributed by atoms with E-state index in [1.807, 2.05) is 0 Å². The average molecular weight is 547 g/mol. The maximum absolute atomic E-state index is 12.8. The molecule has 0 aliphatic carbocycles. The second kappa shape index (κ2) is 7.26. The van der Waals surface area contributed by atoms with Crippen molar-refractivity contribution < 1.29 is 9.59 Å². The molecule has 5 nitrogen and oxygen atoms in total. The van der Waals surface area contributed by atoms with Crippen LogP contribution in [0.3, 0.4) is 0 Å². The van der Waals surface area contributed by atoms with Gasteiger partial charge in [-0.05, 0) is 0 Å². The van der Waals surface area contributed by atoms with Crippen molar-refractivity contribution in [1.82, 2.24) is 10.2 Å². The van der Waals surface area contributed by atoms with E-state index in [2.05, 4.69) is 86.4 Å². The van der Waals surface area contributed by atoms with E-state index in [0.717, 1.165) is 4.44 Å². The number of nitrogens with zero attached hydrogens (tertiary/aromatic N) is 2. The molecule has 6 rings (SSSR count). The molecule has 4 heterocycles. The molecule has 0 saturated carbocycles. The molecule has 3 aromatic rings. The van der Waals surface area contributed by atoms with Gasteiger partial charge in [0.05, 0.1) is 0 Å².